The number of thioether (sulfide) groups is 1. The lowest BCUT2D eigenvalue weighted by atomic mass is 9.85. The molecule has 0 saturated heterocycles. The van der Waals surface area contributed by atoms with Gasteiger partial charge in [0.2, 0.25) is 0 Å². The smallest absolute Gasteiger partial charge is 0.0539 e. The third-order valence-electron chi connectivity index (χ3n) is 18.0. The highest BCUT2D eigenvalue weighted by atomic mass is 32.2. The quantitative estimate of drug-likeness (QED) is 0.0616. The van der Waals surface area contributed by atoms with Crippen molar-refractivity contribution in [2.24, 2.45) is 5.92 Å². The summed E-state index contributed by atoms with van der Waals surface area (Å²) >= 11 is 6.22. The second kappa shape index (κ2) is 20.9. The van der Waals surface area contributed by atoms with E-state index in [0.717, 1.165) is 70.7 Å². The van der Waals surface area contributed by atoms with Gasteiger partial charge in [0, 0.05) is 10.8 Å². The lowest BCUT2D eigenvalue weighted by Gasteiger charge is -2.28. The Morgan fingerprint density at radius 1 is 0.655 bits per heavy atom. The number of rotatable bonds is 10. The van der Waals surface area contributed by atoms with E-state index < -0.39 is 0 Å². The fraction of sp³-hybridized carbons (Fsp3) is 0.0854. The topological polar surface area (TPSA) is 0 Å². The first kappa shape index (κ1) is 52.9. The third kappa shape index (κ3) is 8.15. The van der Waals surface area contributed by atoms with Gasteiger partial charge in [-0.05, 0) is 243 Å². The number of hydrogen-bond acceptors (Lipinski definition) is 2. The predicted molar refractivity (Wildman–Crippen MR) is 374 cm³/mol. The van der Waals surface area contributed by atoms with E-state index in [-0.39, 0.29) is 11.2 Å². The van der Waals surface area contributed by atoms with Gasteiger partial charge in [0.1, 0.15) is 0 Å². The predicted octanol–water partition coefficient (Wildman–Crippen LogP) is 19.1. The largest absolute Gasteiger partial charge is 0.151 e. The summed E-state index contributed by atoms with van der Waals surface area (Å²) in [4.78, 5) is 1.31. The zero-order valence-corrected chi connectivity index (χ0v) is 49.8. The van der Waals surface area contributed by atoms with Crippen LogP contribution in [-0.4, -0.2) is 0 Å². The van der Waals surface area contributed by atoms with Gasteiger partial charge in [-0.3, -0.25) is 0 Å². The maximum absolute atomic E-state index is 5.08. The molecule has 1 aliphatic heterocycles. The lowest BCUT2D eigenvalue weighted by molar-refractivity contribution is 1.01. The lowest BCUT2D eigenvalue weighted by Crippen LogP contribution is -2.39. The van der Waals surface area contributed by atoms with Gasteiger partial charge in [0.25, 0.3) is 0 Å². The molecule has 0 amide bonds. The van der Waals surface area contributed by atoms with Crippen molar-refractivity contribution in [3.8, 4) is 0 Å². The second-order valence-corrected chi connectivity index (χ2v) is 24.2. The zero-order chi connectivity index (χ0) is 57.7. The van der Waals surface area contributed by atoms with Gasteiger partial charge in [-0.25, -0.2) is 0 Å². The molecule has 0 fully saturated rings. The molecule has 14 rings (SSSR count). The molecule has 11 aromatic rings. The van der Waals surface area contributed by atoms with Gasteiger partial charge < -0.3 is 0 Å². The van der Waals surface area contributed by atoms with Crippen molar-refractivity contribution in [2.75, 3.05) is 0 Å². The average molecular weight is 1110 g/mol. The Labute approximate surface area is 500 Å². The second-order valence-electron chi connectivity index (χ2n) is 22.8. The summed E-state index contributed by atoms with van der Waals surface area (Å²) in [6.45, 7) is 30.0. The van der Waals surface area contributed by atoms with Crippen LogP contribution in [0.4, 0.5) is 0 Å². The summed E-state index contributed by atoms with van der Waals surface area (Å²) in [5.74, 6) is -0.149. The first-order valence-electron chi connectivity index (χ1n) is 29.0. The minimum absolute atomic E-state index is 0.149. The highest BCUT2D eigenvalue weighted by Crippen LogP contribution is 2.55. The Balaban J connectivity index is 1.14. The maximum Gasteiger partial charge on any atom is 0.0539 e. The Kier molecular flexibility index (Phi) is 13.2. The van der Waals surface area contributed by atoms with Gasteiger partial charge in [0.05, 0.1) is 5.25 Å². The normalized spacial score (nSPS) is 19.8. The van der Waals surface area contributed by atoms with E-state index in [1.165, 1.54) is 113 Å². The highest BCUT2D eigenvalue weighted by molar-refractivity contribution is 8.01. The third-order valence-corrected chi connectivity index (χ3v) is 19.5. The van der Waals surface area contributed by atoms with Gasteiger partial charge >= 0.3 is 0 Å². The van der Waals surface area contributed by atoms with Crippen LogP contribution in [0.3, 0.4) is 0 Å². The van der Waals surface area contributed by atoms with Crippen molar-refractivity contribution in [3.63, 3.8) is 0 Å². The van der Waals surface area contributed by atoms with E-state index in [1.807, 2.05) is 36.1 Å². The van der Waals surface area contributed by atoms with E-state index in [0.29, 0.717) is 0 Å². The van der Waals surface area contributed by atoms with E-state index in [1.54, 1.807) is 5.41 Å². The van der Waals surface area contributed by atoms with Gasteiger partial charge in [-0.2, -0.15) is 12.6 Å². The number of hydrogen-bond donors (Lipinski definition) is 1. The Bertz CT molecular complexity index is 5450. The SMILES string of the molecule is C=C/C=C(\C=C(/C)C(=C)/C=C\C=C/S)C1=c2\cccc\c2=C(/c2ccc3c(c2)C(/C=C\C=C/C)S3)C(=C)/C(C)=C/C=c2\c(=C)/c(c3ccc4c5c(C6=C(C)C=C=C6)c6cc7ccccc7c7c8ccccc8c(c5c5ccc2c3c45)c67)=C\C\1C. The first-order chi connectivity index (χ1) is 41.0. The molecule has 0 N–H and O–H groups in total. The van der Waals surface area contributed by atoms with Crippen LogP contribution < -0.4 is 26.1 Å². The minimum atomic E-state index is -0.149. The molecule has 2 aliphatic carbocycles. The van der Waals surface area contributed by atoms with Crippen LogP contribution in [0.1, 0.15) is 56.6 Å². The summed E-state index contributed by atoms with van der Waals surface area (Å²) in [7, 11) is 0. The molecule has 402 valence electrons. The van der Waals surface area contributed by atoms with Crippen LogP contribution in [0.15, 0.2) is 270 Å². The monoisotopic (exact) mass is 1110 g/mol. The Morgan fingerprint density at radius 3 is 2.07 bits per heavy atom. The highest BCUT2D eigenvalue weighted by Gasteiger charge is 2.30. The Morgan fingerprint density at radius 2 is 1.32 bits per heavy atom. The number of thiol groups is 1. The van der Waals surface area contributed by atoms with Crippen molar-refractivity contribution in [1.29, 1.82) is 0 Å². The molecule has 2 bridgehead atoms. The van der Waals surface area contributed by atoms with Crippen LogP contribution in [0, 0.1) is 5.92 Å². The molecule has 84 heavy (non-hydrogen) atoms. The van der Waals surface area contributed by atoms with Gasteiger partial charge in [0.15, 0.2) is 0 Å². The van der Waals surface area contributed by atoms with E-state index >= 15 is 0 Å². The van der Waals surface area contributed by atoms with Crippen molar-refractivity contribution in [2.45, 2.75) is 44.8 Å². The summed E-state index contributed by atoms with van der Waals surface area (Å²) in [5, 5.41) is 27.9. The first-order valence-corrected chi connectivity index (χ1v) is 30.4. The molecule has 0 spiro atoms. The summed E-state index contributed by atoms with van der Waals surface area (Å²) in [5.41, 5.74) is 17.0. The molecule has 11 aromatic carbocycles. The molecule has 1 heterocycles. The van der Waals surface area contributed by atoms with Crippen LogP contribution in [0.2, 0.25) is 0 Å². The Hall–Kier alpha value is -9.14. The fourth-order valence-corrected chi connectivity index (χ4v) is 15.2. The van der Waals surface area contributed by atoms with E-state index in [2.05, 4.69) is 254 Å². The van der Waals surface area contributed by atoms with Crippen LogP contribution in [-0.2, 0) is 0 Å². The molecular formula is C82H62S2. The molecule has 0 nitrogen and oxygen atoms in total. The molecular weight excluding hydrogens is 1050 g/mol. The molecule has 0 saturated carbocycles. The fourth-order valence-electron chi connectivity index (χ4n) is 14.1. The van der Waals surface area contributed by atoms with E-state index in [9.17, 15) is 0 Å². The standard InChI is InChI=1S/C82H62S2/c1-10-12-13-33-71-69-46-56(35-41-72(69)84-71)74-52(8)48(4)34-36-58-53(9)68(44-51(7)73(60-28-16-17-29-61(60)74)55(23-11-2)43-50(6)47(3)24-20-21-42-83)65-38-40-66-78-67(39-37-64(58)77(65)78)81-79-63-31-19-18-30-62(63)76-59-27-15-14-26-54(59)45-70(82(76)79)75(80(66)81)57-32-22-25-49(57)5/h10-21,23-46,51,71,83H,2-3,8-9H2,1,4-7H3/b12-10-,24-20-,33-13-,42-21-,48-34+,50-43+,55-23+,58-36+,68-44+,73-60+,74-61+. The van der Waals surface area contributed by atoms with Crippen molar-refractivity contribution >= 4 is 146 Å². The minimum Gasteiger partial charge on any atom is -0.151 e. The molecule has 2 heteroatoms. The molecule has 3 aliphatic rings. The van der Waals surface area contributed by atoms with Crippen molar-refractivity contribution in [3.05, 3.63) is 307 Å². The van der Waals surface area contributed by atoms with E-state index in [4.69, 9.17) is 13.2 Å². The molecule has 0 radical (unpaired) electrons. The average Bonchev–Trinajstić information content (AvgIpc) is 1.60. The van der Waals surface area contributed by atoms with Gasteiger partial charge in [-0.15, -0.1) is 17.5 Å². The number of benzene rings is 9. The van der Waals surface area contributed by atoms with Crippen molar-refractivity contribution < 1.29 is 0 Å². The van der Waals surface area contributed by atoms with Crippen molar-refractivity contribution in [1.82, 2.24) is 0 Å². The zero-order valence-electron chi connectivity index (χ0n) is 48.1. The van der Waals surface area contributed by atoms with Crippen LogP contribution in [0.5, 0.6) is 0 Å². The summed E-state index contributed by atoms with van der Waals surface area (Å²) < 4.78 is 0. The van der Waals surface area contributed by atoms with Crippen LogP contribution in [0.25, 0.3) is 122 Å². The number of fused-ring (bicyclic) bond motifs is 15. The maximum atomic E-state index is 5.08. The summed E-state index contributed by atoms with van der Waals surface area (Å²) in [6.07, 6.45) is 32.4. The summed E-state index contributed by atoms with van der Waals surface area (Å²) in [6, 6.07) is 46.1. The number of allylic oxidation sites excluding steroid dienone is 18. The van der Waals surface area contributed by atoms with Gasteiger partial charge in [-0.1, -0.05) is 215 Å². The molecule has 2 atom stereocenters. The van der Waals surface area contributed by atoms with Crippen LogP contribution >= 0.6 is 24.4 Å². The molecule has 2 unspecified atom stereocenters. The molecule has 0 aromatic heterocycles.